The number of alkyl halides is 3. The largest absolute Gasteiger partial charge is 0.416 e. The van der Waals surface area contributed by atoms with Crippen molar-refractivity contribution in [3.63, 3.8) is 0 Å². The van der Waals surface area contributed by atoms with Gasteiger partial charge >= 0.3 is 6.18 Å². The average molecular weight is 353 g/mol. The van der Waals surface area contributed by atoms with Gasteiger partial charge < -0.3 is 4.90 Å². The van der Waals surface area contributed by atoms with Gasteiger partial charge in [-0.1, -0.05) is 30.7 Å². The van der Waals surface area contributed by atoms with E-state index < -0.39 is 11.7 Å². The van der Waals surface area contributed by atoms with E-state index in [1.807, 2.05) is 27.8 Å². The molecule has 0 radical (unpaired) electrons. The third-order valence-corrected chi connectivity index (χ3v) is 4.24. The van der Waals surface area contributed by atoms with Crippen LogP contribution in [-0.4, -0.2) is 24.7 Å². The van der Waals surface area contributed by atoms with Crippen LogP contribution in [0.4, 0.5) is 13.2 Å². The van der Waals surface area contributed by atoms with Gasteiger partial charge in [0.15, 0.2) is 0 Å². The molecule has 0 aromatic carbocycles. The van der Waals surface area contributed by atoms with Crippen molar-refractivity contribution < 1.29 is 13.2 Å². The summed E-state index contributed by atoms with van der Waals surface area (Å²) in [5.41, 5.74) is 3.08. The molecule has 1 aliphatic rings. The zero-order valence-corrected chi connectivity index (χ0v) is 16.0. The Bertz CT molecular complexity index is 597. The van der Waals surface area contributed by atoms with E-state index in [0.717, 1.165) is 37.0 Å². The summed E-state index contributed by atoms with van der Waals surface area (Å²) in [4.78, 5) is 2.20. The highest BCUT2D eigenvalue weighted by Gasteiger charge is 2.32. The minimum absolute atomic E-state index is 0.350. The molecule has 0 spiro atoms. The maximum absolute atomic E-state index is 13.3. The third-order valence-electron chi connectivity index (χ3n) is 4.24. The predicted octanol–water partition coefficient (Wildman–Crippen LogP) is 6.72. The summed E-state index contributed by atoms with van der Waals surface area (Å²) >= 11 is 0. The van der Waals surface area contributed by atoms with Crippen molar-refractivity contribution in [2.75, 3.05) is 13.6 Å². The molecule has 0 aromatic rings. The third kappa shape index (κ3) is 6.60. The number of piperidine rings is 1. The minimum Gasteiger partial charge on any atom is -0.378 e. The van der Waals surface area contributed by atoms with Crippen LogP contribution in [0.15, 0.2) is 58.4 Å². The van der Waals surface area contributed by atoms with Crippen molar-refractivity contribution in [1.29, 1.82) is 0 Å². The summed E-state index contributed by atoms with van der Waals surface area (Å²) in [6.07, 6.45) is 7.37. The van der Waals surface area contributed by atoms with Crippen LogP contribution in [0.2, 0.25) is 0 Å². The fourth-order valence-corrected chi connectivity index (χ4v) is 2.89. The molecule has 1 saturated heterocycles. The van der Waals surface area contributed by atoms with Crippen molar-refractivity contribution in [3.05, 3.63) is 58.4 Å². The molecule has 0 N–H and O–H groups in total. The van der Waals surface area contributed by atoms with Crippen LogP contribution in [0, 0.1) is 0 Å². The molecule has 0 atom stereocenters. The Balaban J connectivity index is 3.42. The first-order valence-electron chi connectivity index (χ1n) is 8.92. The van der Waals surface area contributed by atoms with Gasteiger partial charge in [0.05, 0.1) is 5.57 Å². The molecule has 1 nitrogen and oxygen atoms in total. The fraction of sp³-hybridized carbons (Fsp3) is 0.524. The van der Waals surface area contributed by atoms with Gasteiger partial charge in [-0.2, -0.15) is 13.2 Å². The lowest BCUT2D eigenvalue weighted by atomic mass is 9.95. The number of allylic oxidation sites excluding steroid dienone is 10. The van der Waals surface area contributed by atoms with Gasteiger partial charge in [-0.3, -0.25) is 0 Å². The molecule has 0 unspecified atom stereocenters. The second kappa shape index (κ2) is 9.69. The molecule has 1 fully saturated rings. The van der Waals surface area contributed by atoms with Gasteiger partial charge in [-0.15, -0.1) is 0 Å². The van der Waals surface area contributed by atoms with Crippen molar-refractivity contribution in [1.82, 2.24) is 4.90 Å². The van der Waals surface area contributed by atoms with Crippen LogP contribution in [0.1, 0.15) is 53.4 Å². The molecule has 4 heteroatoms. The summed E-state index contributed by atoms with van der Waals surface area (Å²) in [7, 11) is 2.05. The van der Waals surface area contributed by atoms with E-state index in [9.17, 15) is 13.2 Å². The topological polar surface area (TPSA) is 3.24 Å². The minimum atomic E-state index is -4.34. The molecule has 0 amide bonds. The standard InChI is InChI=1S/C21H30F3N/c1-6-10-17(14-18(11-7-2)21(22,23)24)20(16(3)4)15-19-12-8-9-13-25(19)5/h6,10-11,14-15H,7-9,12-13H2,1-5H3/b10-6-,17-14+,18-11-,19-15-. The lowest BCUT2D eigenvalue weighted by Gasteiger charge is -2.28. The first kappa shape index (κ1) is 21.3. The first-order valence-corrected chi connectivity index (χ1v) is 8.92. The Morgan fingerprint density at radius 1 is 1.20 bits per heavy atom. The number of likely N-dealkylation sites (tertiary alicyclic amines) is 1. The second-order valence-corrected chi connectivity index (χ2v) is 6.59. The smallest absolute Gasteiger partial charge is 0.378 e. The van der Waals surface area contributed by atoms with Gasteiger partial charge in [0.2, 0.25) is 0 Å². The van der Waals surface area contributed by atoms with Crippen LogP contribution in [0.5, 0.6) is 0 Å². The molecule has 1 rings (SSSR count). The maximum atomic E-state index is 13.3. The van der Waals surface area contributed by atoms with Crippen molar-refractivity contribution >= 4 is 0 Å². The lowest BCUT2D eigenvalue weighted by Crippen LogP contribution is -2.23. The van der Waals surface area contributed by atoms with E-state index in [0.29, 0.717) is 12.0 Å². The van der Waals surface area contributed by atoms with Crippen molar-refractivity contribution in [2.45, 2.75) is 59.6 Å². The molecule has 0 aliphatic carbocycles. The van der Waals surface area contributed by atoms with Crippen LogP contribution in [0.25, 0.3) is 0 Å². The molecule has 0 aromatic heterocycles. The summed E-state index contributed by atoms with van der Waals surface area (Å²) in [6.45, 7) is 8.43. The molecular formula is C21H30F3N. The molecular weight excluding hydrogens is 323 g/mol. The molecule has 25 heavy (non-hydrogen) atoms. The molecule has 1 heterocycles. The zero-order valence-electron chi connectivity index (χ0n) is 16.0. The quantitative estimate of drug-likeness (QED) is 0.496. The van der Waals surface area contributed by atoms with Crippen molar-refractivity contribution in [3.8, 4) is 0 Å². The molecule has 0 bridgehead atoms. The van der Waals surface area contributed by atoms with E-state index in [4.69, 9.17) is 0 Å². The number of rotatable bonds is 5. The number of hydrogen-bond acceptors (Lipinski definition) is 1. The van der Waals surface area contributed by atoms with Crippen LogP contribution in [-0.2, 0) is 0 Å². The zero-order chi connectivity index (χ0) is 19.0. The van der Waals surface area contributed by atoms with Crippen molar-refractivity contribution in [2.24, 2.45) is 0 Å². The Hall–Kier alpha value is -1.71. The van der Waals surface area contributed by atoms with Gasteiger partial charge in [-0.05, 0) is 69.8 Å². The van der Waals surface area contributed by atoms with Gasteiger partial charge in [0.25, 0.3) is 0 Å². The van der Waals surface area contributed by atoms with Gasteiger partial charge in [0.1, 0.15) is 0 Å². The van der Waals surface area contributed by atoms with E-state index in [2.05, 4.69) is 11.0 Å². The molecule has 0 saturated carbocycles. The monoisotopic (exact) mass is 353 g/mol. The molecule has 140 valence electrons. The van der Waals surface area contributed by atoms with E-state index in [1.54, 1.807) is 19.1 Å². The highest BCUT2D eigenvalue weighted by Crippen LogP contribution is 2.31. The molecule has 1 aliphatic heterocycles. The number of nitrogens with zero attached hydrogens (tertiary/aromatic N) is 1. The number of hydrogen-bond donors (Lipinski definition) is 0. The van der Waals surface area contributed by atoms with Crippen LogP contribution >= 0.6 is 0 Å². The summed E-state index contributed by atoms with van der Waals surface area (Å²) in [5, 5.41) is 0. The van der Waals surface area contributed by atoms with Crippen LogP contribution in [0.3, 0.4) is 0 Å². The Morgan fingerprint density at radius 3 is 2.36 bits per heavy atom. The van der Waals surface area contributed by atoms with E-state index in [1.165, 1.54) is 17.8 Å². The summed E-state index contributed by atoms with van der Waals surface area (Å²) in [5.74, 6) is 0. The number of halogens is 3. The van der Waals surface area contributed by atoms with Crippen LogP contribution < -0.4 is 0 Å². The van der Waals surface area contributed by atoms with Gasteiger partial charge in [-0.25, -0.2) is 0 Å². The predicted molar refractivity (Wildman–Crippen MR) is 100 cm³/mol. The fourth-order valence-electron chi connectivity index (χ4n) is 2.89. The highest BCUT2D eigenvalue weighted by molar-refractivity contribution is 5.52. The Morgan fingerprint density at radius 2 is 1.88 bits per heavy atom. The Kier molecular flexibility index (Phi) is 8.27. The highest BCUT2D eigenvalue weighted by atomic mass is 19.4. The van der Waals surface area contributed by atoms with E-state index >= 15 is 0 Å². The average Bonchev–Trinajstić information content (AvgIpc) is 2.52. The lowest BCUT2D eigenvalue weighted by molar-refractivity contribution is -0.0884. The summed E-state index contributed by atoms with van der Waals surface area (Å²) < 4.78 is 39.9. The Labute approximate surface area is 150 Å². The summed E-state index contributed by atoms with van der Waals surface area (Å²) in [6, 6.07) is 0. The second-order valence-electron chi connectivity index (χ2n) is 6.59. The van der Waals surface area contributed by atoms with Gasteiger partial charge in [0, 0.05) is 19.3 Å². The first-order chi connectivity index (χ1) is 11.7. The van der Waals surface area contributed by atoms with E-state index in [-0.39, 0.29) is 0 Å². The SMILES string of the molecule is C\C=C/C(=C\C(=C\CC)C(F)(F)F)C(/C=C1/CCCCN1C)=C(C)C. The maximum Gasteiger partial charge on any atom is 0.416 e. The normalized spacial score (nSPS) is 19.0.